The first kappa shape index (κ1) is 69.8. The van der Waals surface area contributed by atoms with Crippen molar-refractivity contribution in [3.63, 3.8) is 0 Å². The molecule has 0 aliphatic heterocycles. The van der Waals surface area contributed by atoms with Crippen LogP contribution in [0.4, 0.5) is 0 Å². The van der Waals surface area contributed by atoms with Gasteiger partial charge in [0.05, 0.1) is 6.42 Å². The quantitative estimate of drug-likeness (QED) is 0.0261. The Hall–Kier alpha value is -3.15. The van der Waals surface area contributed by atoms with Gasteiger partial charge in [0.15, 0.2) is 6.10 Å². The second-order valence-electron chi connectivity index (χ2n) is 21.0. The van der Waals surface area contributed by atoms with E-state index in [-0.39, 0.29) is 31.6 Å². The Morgan fingerprint density at radius 2 is 0.575 bits per heavy atom. The lowest BCUT2D eigenvalue weighted by Gasteiger charge is -2.18. The highest BCUT2D eigenvalue weighted by atomic mass is 16.6. The van der Waals surface area contributed by atoms with E-state index in [1.807, 2.05) is 6.08 Å². The second-order valence-corrected chi connectivity index (χ2v) is 21.0. The van der Waals surface area contributed by atoms with Crippen LogP contribution in [0.2, 0.25) is 0 Å². The van der Waals surface area contributed by atoms with Gasteiger partial charge in [-0.25, -0.2) is 0 Å². The lowest BCUT2D eigenvalue weighted by atomic mass is 10.0. The van der Waals surface area contributed by atoms with Crippen molar-refractivity contribution < 1.29 is 28.6 Å². The van der Waals surface area contributed by atoms with Crippen molar-refractivity contribution in [3.05, 3.63) is 72.9 Å². The smallest absolute Gasteiger partial charge is 0.310 e. The Labute approximate surface area is 453 Å². The van der Waals surface area contributed by atoms with E-state index in [0.717, 1.165) is 70.6 Å². The molecule has 0 fully saturated rings. The summed E-state index contributed by atoms with van der Waals surface area (Å²) in [7, 11) is 0. The van der Waals surface area contributed by atoms with Crippen LogP contribution in [0, 0.1) is 0 Å². The first-order chi connectivity index (χ1) is 36.0. The van der Waals surface area contributed by atoms with Gasteiger partial charge < -0.3 is 14.2 Å². The predicted molar refractivity (Wildman–Crippen MR) is 316 cm³/mol. The second kappa shape index (κ2) is 61.4. The van der Waals surface area contributed by atoms with Crippen molar-refractivity contribution in [2.24, 2.45) is 0 Å². The third kappa shape index (κ3) is 59.6. The zero-order valence-corrected chi connectivity index (χ0v) is 48.4. The van der Waals surface area contributed by atoms with Gasteiger partial charge in [-0.3, -0.25) is 14.4 Å². The molecule has 1 unspecified atom stereocenters. The largest absolute Gasteiger partial charge is 0.462 e. The van der Waals surface area contributed by atoms with Gasteiger partial charge in [0.25, 0.3) is 0 Å². The molecule has 0 rings (SSSR count). The Kier molecular flexibility index (Phi) is 58.7. The maximum atomic E-state index is 12.8. The number of unbranched alkanes of at least 4 members (excludes halogenated alkanes) is 35. The van der Waals surface area contributed by atoms with E-state index in [2.05, 4.69) is 81.5 Å². The van der Waals surface area contributed by atoms with Gasteiger partial charge in [0, 0.05) is 12.8 Å². The van der Waals surface area contributed by atoms with Crippen LogP contribution in [0.1, 0.15) is 316 Å². The van der Waals surface area contributed by atoms with Gasteiger partial charge >= 0.3 is 17.9 Å². The van der Waals surface area contributed by atoms with Crippen LogP contribution in [0.15, 0.2) is 72.9 Å². The van der Waals surface area contributed by atoms with Gasteiger partial charge in [0.2, 0.25) is 0 Å². The molecule has 0 saturated heterocycles. The zero-order chi connectivity index (χ0) is 52.9. The highest BCUT2D eigenvalue weighted by Gasteiger charge is 2.19. The van der Waals surface area contributed by atoms with Crippen molar-refractivity contribution >= 4 is 17.9 Å². The zero-order valence-electron chi connectivity index (χ0n) is 48.4. The third-order valence-electron chi connectivity index (χ3n) is 13.7. The molecule has 0 aliphatic carbocycles. The summed E-state index contributed by atoms with van der Waals surface area (Å²) in [6.07, 6.45) is 79.4. The van der Waals surface area contributed by atoms with Crippen molar-refractivity contribution in [2.45, 2.75) is 322 Å². The Morgan fingerprint density at radius 1 is 0.301 bits per heavy atom. The lowest BCUT2D eigenvalue weighted by molar-refractivity contribution is -0.166. The summed E-state index contributed by atoms with van der Waals surface area (Å²) in [5.74, 6) is -1.03. The van der Waals surface area contributed by atoms with Crippen molar-refractivity contribution in [1.82, 2.24) is 0 Å². The number of rotatable bonds is 57. The van der Waals surface area contributed by atoms with Crippen molar-refractivity contribution in [3.8, 4) is 0 Å². The number of carbonyl (C=O) groups excluding carboxylic acids is 3. The number of allylic oxidation sites excluding steroid dienone is 11. The highest BCUT2D eigenvalue weighted by Crippen LogP contribution is 2.17. The van der Waals surface area contributed by atoms with Crippen LogP contribution in [-0.2, 0) is 28.6 Å². The molecule has 0 heterocycles. The maximum absolute atomic E-state index is 12.8. The molecule has 0 bridgehead atoms. The minimum absolute atomic E-state index is 0.1000. The number of carbonyl (C=O) groups is 3. The van der Waals surface area contributed by atoms with E-state index in [0.29, 0.717) is 12.8 Å². The fraction of sp³-hybridized carbons (Fsp3) is 0.776. The number of ether oxygens (including phenoxy) is 3. The minimum Gasteiger partial charge on any atom is -0.462 e. The topological polar surface area (TPSA) is 78.9 Å². The normalized spacial score (nSPS) is 12.5. The summed E-state index contributed by atoms with van der Waals surface area (Å²) in [5.41, 5.74) is 0. The van der Waals surface area contributed by atoms with E-state index in [1.165, 1.54) is 205 Å². The standard InChI is InChI=1S/C67H118O6/c1-4-7-10-13-16-19-22-25-28-29-30-31-32-33-34-35-36-37-40-42-45-48-51-54-57-60-66(69)72-63-64(73-67(70)61-58-55-52-49-46-43-39-27-24-21-18-15-12-9-6-3)62-71-65(68)59-56-53-50-47-44-41-38-26-23-20-17-14-11-8-5-2/h9,12,18,21,27,29-30,39,46,49,55,58,64H,4-8,10-11,13-17,19-20,22-26,28,31-38,40-45,47-48,50-54,56-57,59-63H2,1-3H3/b12-9-,21-18-,30-29-,39-27-,49-46-,58-55-. The van der Waals surface area contributed by atoms with Crippen LogP contribution < -0.4 is 0 Å². The molecule has 0 radical (unpaired) electrons. The molecule has 0 aromatic rings. The van der Waals surface area contributed by atoms with Crippen LogP contribution in [0.25, 0.3) is 0 Å². The van der Waals surface area contributed by atoms with Crippen molar-refractivity contribution in [2.75, 3.05) is 13.2 Å². The fourth-order valence-electron chi connectivity index (χ4n) is 9.05. The molecular formula is C67H118O6. The molecule has 1 atom stereocenters. The average Bonchev–Trinajstić information content (AvgIpc) is 3.39. The number of hydrogen-bond acceptors (Lipinski definition) is 6. The Morgan fingerprint density at radius 3 is 0.890 bits per heavy atom. The maximum Gasteiger partial charge on any atom is 0.310 e. The molecule has 0 saturated carbocycles. The molecule has 0 spiro atoms. The van der Waals surface area contributed by atoms with Gasteiger partial charge in [-0.2, -0.15) is 0 Å². The Bertz CT molecular complexity index is 1360. The van der Waals surface area contributed by atoms with E-state index < -0.39 is 12.1 Å². The van der Waals surface area contributed by atoms with E-state index in [4.69, 9.17) is 14.2 Å². The van der Waals surface area contributed by atoms with E-state index in [1.54, 1.807) is 6.08 Å². The van der Waals surface area contributed by atoms with E-state index >= 15 is 0 Å². The molecule has 6 heteroatoms. The molecule has 0 aliphatic rings. The SMILES string of the molecule is CC/C=C\C/C=C\C/C=C\C/C=C\C/C=C\CC(=O)OC(COC(=O)CCCCCCCCCCCCCCC/C=C\CCCCCCCCCC)COC(=O)CCCCCCCCCCCCCCCCC. The van der Waals surface area contributed by atoms with Crippen LogP contribution in [-0.4, -0.2) is 37.2 Å². The summed E-state index contributed by atoms with van der Waals surface area (Å²) >= 11 is 0. The number of esters is 3. The van der Waals surface area contributed by atoms with Crippen LogP contribution in [0.5, 0.6) is 0 Å². The third-order valence-corrected chi connectivity index (χ3v) is 13.7. The fourth-order valence-corrected chi connectivity index (χ4v) is 9.05. The molecule has 73 heavy (non-hydrogen) atoms. The summed E-state index contributed by atoms with van der Waals surface area (Å²) in [4.78, 5) is 38.2. The summed E-state index contributed by atoms with van der Waals surface area (Å²) in [5, 5.41) is 0. The monoisotopic (exact) mass is 1020 g/mol. The molecular weight excluding hydrogens is 901 g/mol. The van der Waals surface area contributed by atoms with Crippen LogP contribution >= 0.6 is 0 Å². The molecule has 422 valence electrons. The van der Waals surface area contributed by atoms with Crippen molar-refractivity contribution in [1.29, 1.82) is 0 Å². The minimum atomic E-state index is -0.828. The lowest BCUT2D eigenvalue weighted by Crippen LogP contribution is -2.30. The predicted octanol–water partition coefficient (Wildman–Crippen LogP) is 21.3. The van der Waals surface area contributed by atoms with Gasteiger partial charge in [0.1, 0.15) is 13.2 Å². The van der Waals surface area contributed by atoms with Gasteiger partial charge in [-0.1, -0.05) is 299 Å². The highest BCUT2D eigenvalue weighted by molar-refractivity contribution is 5.72. The first-order valence-electron chi connectivity index (χ1n) is 31.4. The van der Waals surface area contributed by atoms with E-state index in [9.17, 15) is 14.4 Å². The summed E-state index contributed by atoms with van der Waals surface area (Å²) < 4.78 is 16.8. The summed E-state index contributed by atoms with van der Waals surface area (Å²) in [6.45, 7) is 6.48. The van der Waals surface area contributed by atoms with Crippen LogP contribution in [0.3, 0.4) is 0 Å². The van der Waals surface area contributed by atoms with Gasteiger partial charge in [-0.05, 0) is 70.6 Å². The average molecular weight is 1020 g/mol. The first-order valence-corrected chi connectivity index (χ1v) is 31.4. The van der Waals surface area contributed by atoms with Gasteiger partial charge in [-0.15, -0.1) is 0 Å². The molecule has 0 aromatic heterocycles. The molecule has 0 amide bonds. The summed E-state index contributed by atoms with van der Waals surface area (Å²) in [6, 6.07) is 0. The molecule has 0 aromatic carbocycles. The number of hydrogen-bond donors (Lipinski definition) is 0. The molecule has 6 nitrogen and oxygen atoms in total. The Balaban J connectivity index is 4.33. The molecule has 0 N–H and O–H groups in total.